The van der Waals surface area contributed by atoms with Gasteiger partial charge in [-0.15, -0.1) is 0 Å². The van der Waals surface area contributed by atoms with E-state index in [4.69, 9.17) is 14.6 Å². The molecule has 156 valence electrons. The zero-order valence-corrected chi connectivity index (χ0v) is 17.0. The number of aromatic nitrogens is 2. The van der Waals surface area contributed by atoms with Gasteiger partial charge in [-0.05, 0) is 29.3 Å². The van der Waals surface area contributed by atoms with Crippen LogP contribution in [0.5, 0.6) is 11.6 Å². The minimum Gasteiger partial charge on any atom is -0.497 e. The molecule has 9 heteroatoms. The van der Waals surface area contributed by atoms with Gasteiger partial charge in [0.1, 0.15) is 18.7 Å². The number of methoxy groups -OCH3 is 1. The topological polar surface area (TPSA) is 111 Å². The van der Waals surface area contributed by atoms with E-state index in [2.05, 4.69) is 14.7 Å². The molecule has 0 fully saturated rings. The Morgan fingerprint density at radius 1 is 1.07 bits per heavy atom. The second kappa shape index (κ2) is 9.86. The minimum atomic E-state index is -3.86. The Hall–Kier alpha value is -3.43. The van der Waals surface area contributed by atoms with Crippen molar-refractivity contribution < 1.29 is 23.0 Å². The molecule has 0 saturated heterocycles. The Kier molecular flexibility index (Phi) is 6.99. The largest absolute Gasteiger partial charge is 0.497 e. The third-order valence-electron chi connectivity index (χ3n) is 4.00. The van der Waals surface area contributed by atoms with Crippen LogP contribution in [0.2, 0.25) is 0 Å². The summed E-state index contributed by atoms with van der Waals surface area (Å²) in [6.45, 7) is -0.215. The van der Waals surface area contributed by atoms with E-state index in [-0.39, 0.29) is 24.9 Å². The monoisotopic (exact) mass is 427 g/mol. The number of sulfonamides is 1. The van der Waals surface area contributed by atoms with E-state index in [0.717, 1.165) is 11.0 Å². The van der Waals surface area contributed by atoms with E-state index in [1.165, 1.54) is 12.4 Å². The van der Waals surface area contributed by atoms with Crippen molar-refractivity contribution in [1.29, 1.82) is 0 Å². The Labute approximate surface area is 174 Å². The molecule has 0 aliphatic rings. The van der Waals surface area contributed by atoms with Crippen LogP contribution in [0.15, 0.2) is 66.3 Å². The van der Waals surface area contributed by atoms with Gasteiger partial charge in [-0.2, -0.15) is 0 Å². The van der Waals surface area contributed by atoms with Crippen molar-refractivity contribution >= 4 is 21.9 Å². The van der Waals surface area contributed by atoms with Crippen molar-refractivity contribution in [3.05, 3.63) is 71.9 Å². The number of ether oxygens (including phenoxy) is 2. The lowest BCUT2D eigenvalue weighted by molar-refractivity contribution is 0.197. The second-order valence-corrected chi connectivity index (χ2v) is 7.63. The van der Waals surface area contributed by atoms with Gasteiger partial charge in [-0.3, -0.25) is 4.72 Å². The van der Waals surface area contributed by atoms with Crippen LogP contribution in [-0.2, 0) is 10.0 Å². The lowest BCUT2D eigenvalue weighted by Gasteiger charge is -2.14. The number of anilines is 1. The van der Waals surface area contributed by atoms with Crippen LogP contribution in [-0.4, -0.2) is 43.8 Å². The van der Waals surface area contributed by atoms with Crippen molar-refractivity contribution in [3.63, 3.8) is 0 Å². The molecule has 0 bridgehead atoms. The van der Waals surface area contributed by atoms with Gasteiger partial charge in [0, 0.05) is 0 Å². The van der Waals surface area contributed by atoms with E-state index >= 15 is 0 Å². The third-order valence-corrected chi connectivity index (χ3v) is 4.97. The molecular formula is C21H21N3O5S. The van der Waals surface area contributed by atoms with Gasteiger partial charge in [0.05, 0.1) is 24.7 Å². The fourth-order valence-electron chi connectivity index (χ4n) is 2.62. The molecule has 3 rings (SSSR count). The molecule has 0 unspecified atom stereocenters. The summed E-state index contributed by atoms with van der Waals surface area (Å²) >= 11 is 0. The number of hydrogen-bond acceptors (Lipinski definition) is 7. The highest BCUT2D eigenvalue weighted by atomic mass is 32.2. The van der Waals surface area contributed by atoms with Crippen molar-refractivity contribution in [2.24, 2.45) is 0 Å². The number of rotatable bonds is 9. The predicted octanol–water partition coefficient (Wildman–Crippen LogP) is 2.94. The smallest absolute Gasteiger partial charge is 0.256 e. The fourth-order valence-corrected chi connectivity index (χ4v) is 3.45. The number of benzene rings is 2. The lowest BCUT2D eigenvalue weighted by Crippen LogP contribution is -2.13. The van der Waals surface area contributed by atoms with Crippen LogP contribution in [0.4, 0.5) is 5.82 Å². The first kappa shape index (κ1) is 21.3. The highest BCUT2D eigenvalue weighted by Crippen LogP contribution is 2.35. The molecule has 0 atom stereocenters. The number of hydrogen-bond donors (Lipinski definition) is 2. The third kappa shape index (κ3) is 5.56. The van der Waals surface area contributed by atoms with Gasteiger partial charge >= 0.3 is 0 Å². The first-order chi connectivity index (χ1) is 14.5. The zero-order chi connectivity index (χ0) is 21.4. The molecule has 2 N–H and O–H groups in total. The Morgan fingerprint density at radius 2 is 1.80 bits per heavy atom. The molecule has 0 aliphatic heterocycles. The Balaban J connectivity index is 1.97. The lowest BCUT2D eigenvalue weighted by atomic mass is 10.1. The summed E-state index contributed by atoms with van der Waals surface area (Å²) in [6, 6.07) is 16.0. The molecule has 0 radical (unpaired) electrons. The van der Waals surface area contributed by atoms with E-state index in [0.29, 0.717) is 16.9 Å². The second-order valence-electron chi connectivity index (χ2n) is 6.06. The average Bonchev–Trinajstić information content (AvgIpc) is 2.77. The first-order valence-corrected chi connectivity index (χ1v) is 10.6. The summed E-state index contributed by atoms with van der Waals surface area (Å²) in [5.41, 5.74) is 1.72. The number of nitrogens with one attached hydrogen (secondary N) is 1. The highest BCUT2D eigenvalue weighted by Gasteiger charge is 2.19. The maximum absolute atomic E-state index is 12.6. The Bertz CT molecular complexity index is 1100. The van der Waals surface area contributed by atoms with Crippen LogP contribution in [0.1, 0.15) is 5.56 Å². The van der Waals surface area contributed by atoms with Crippen molar-refractivity contribution in [2.45, 2.75) is 0 Å². The molecule has 3 aromatic rings. The van der Waals surface area contributed by atoms with Gasteiger partial charge in [0.15, 0.2) is 5.82 Å². The van der Waals surface area contributed by atoms with Gasteiger partial charge in [-0.1, -0.05) is 42.5 Å². The molecule has 8 nitrogen and oxygen atoms in total. The van der Waals surface area contributed by atoms with Crippen LogP contribution >= 0.6 is 0 Å². The highest BCUT2D eigenvalue weighted by molar-refractivity contribution is 7.95. The molecule has 0 amide bonds. The molecule has 0 spiro atoms. The summed E-state index contributed by atoms with van der Waals surface area (Å²) in [4.78, 5) is 8.19. The minimum absolute atomic E-state index is 0.000266. The molecule has 30 heavy (non-hydrogen) atoms. The summed E-state index contributed by atoms with van der Waals surface area (Å²) < 4.78 is 38.4. The SMILES string of the molecule is COc1ccc(-c2c(NS(=O)(=O)/C=C/c3ccccc3)ncnc2OCCO)cc1. The van der Waals surface area contributed by atoms with Crippen molar-refractivity contribution in [2.75, 3.05) is 25.0 Å². The molecule has 0 saturated carbocycles. The molecule has 0 aliphatic carbocycles. The summed E-state index contributed by atoms with van der Waals surface area (Å²) in [5.74, 6) is 0.844. The van der Waals surface area contributed by atoms with Gasteiger partial charge in [0.2, 0.25) is 5.88 Å². The summed E-state index contributed by atoms with van der Waals surface area (Å²) in [7, 11) is -2.31. The number of nitrogens with zero attached hydrogens (tertiary/aromatic N) is 2. The van der Waals surface area contributed by atoms with Crippen LogP contribution in [0, 0.1) is 0 Å². The van der Waals surface area contributed by atoms with Gasteiger partial charge in [0.25, 0.3) is 10.0 Å². The fraction of sp³-hybridized carbons (Fsp3) is 0.143. The standard InChI is InChI=1S/C21H21N3O5S/c1-28-18-9-7-17(8-10-18)19-20(22-15-23-21(19)29-13-12-25)24-30(26,27)14-11-16-5-3-2-4-6-16/h2-11,14-15,25H,12-13H2,1H3,(H,22,23,24)/b14-11+. The summed E-state index contributed by atoms with van der Waals surface area (Å²) in [6.07, 6.45) is 2.68. The first-order valence-electron chi connectivity index (χ1n) is 9.01. The van der Waals surface area contributed by atoms with E-state index in [1.54, 1.807) is 43.5 Å². The van der Waals surface area contributed by atoms with Crippen molar-refractivity contribution in [1.82, 2.24) is 9.97 Å². The molecular weight excluding hydrogens is 406 g/mol. The van der Waals surface area contributed by atoms with E-state index in [9.17, 15) is 8.42 Å². The molecule has 2 aromatic carbocycles. The number of aliphatic hydroxyl groups excluding tert-OH is 1. The van der Waals surface area contributed by atoms with Crippen LogP contribution in [0.25, 0.3) is 17.2 Å². The van der Waals surface area contributed by atoms with E-state index < -0.39 is 10.0 Å². The summed E-state index contributed by atoms with van der Waals surface area (Å²) in [5, 5.41) is 10.2. The average molecular weight is 427 g/mol. The molecule has 1 heterocycles. The van der Waals surface area contributed by atoms with E-state index in [1.807, 2.05) is 18.2 Å². The Morgan fingerprint density at radius 3 is 2.47 bits per heavy atom. The van der Waals surface area contributed by atoms with Crippen LogP contribution in [0.3, 0.4) is 0 Å². The maximum atomic E-state index is 12.6. The predicted molar refractivity (Wildman–Crippen MR) is 115 cm³/mol. The quantitative estimate of drug-likeness (QED) is 0.540. The maximum Gasteiger partial charge on any atom is 0.256 e. The van der Waals surface area contributed by atoms with Gasteiger partial charge in [-0.25, -0.2) is 18.4 Å². The van der Waals surface area contributed by atoms with Crippen LogP contribution < -0.4 is 14.2 Å². The zero-order valence-electron chi connectivity index (χ0n) is 16.2. The van der Waals surface area contributed by atoms with Gasteiger partial charge < -0.3 is 14.6 Å². The molecule has 1 aromatic heterocycles. The van der Waals surface area contributed by atoms with Crippen molar-refractivity contribution in [3.8, 4) is 22.8 Å². The normalized spacial score (nSPS) is 11.4. The number of aliphatic hydroxyl groups is 1.